The first kappa shape index (κ1) is 14.5. The fraction of sp³-hybridized carbons (Fsp3) is 0.438. The number of para-hydroxylation sites is 1. The van der Waals surface area contributed by atoms with E-state index in [9.17, 15) is 4.79 Å². The van der Waals surface area contributed by atoms with Crippen LogP contribution in [0.3, 0.4) is 0 Å². The Morgan fingerprint density at radius 3 is 2.90 bits per heavy atom. The van der Waals surface area contributed by atoms with Gasteiger partial charge in [-0.25, -0.2) is 0 Å². The SMILES string of the molecule is O=C(NCCSC1CCOCC1)c1cc2ccccc2o1. The minimum absolute atomic E-state index is 0.140. The summed E-state index contributed by atoms with van der Waals surface area (Å²) < 4.78 is 10.9. The first-order valence-corrected chi connectivity index (χ1v) is 8.34. The zero-order valence-electron chi connectivity index (χ0n) is 11.8. The summed E-state index contributed by atoms with van der Waals surface area (Å²) in [4.78, 5) is 12.0. The lowest BCUT2D eigenvalue weighted by Crippen LogP contribution is -2.26. The van der Waals surface area contributed by atoms with Crippen LogP contribution >= 0.6 is 11.8 Å². The smallest absolute Gasteiger partial charge is 0.287 e. The molecule has 0 bridgehead atoms. The lowest BCUT2D eigenvalue weighted by Gasteiger charge is -2.21. The number of carbonyl (C=O) groups excluding carboxylic acids is 1. The number of nitrogens with one attached hydrogen (secondary N) is 1. The lowest BCUT2D eigenvalue weighted by atomic mass is 10.2. The molecule has 1 amide bonds. The molecule has 21 heavy (non-hydrogen) atoms. The number of hydrogen-bond donors (Lipinski definition) is 1. The summed E-state index contributed by atoms with van der Waals surface area (Å²) in [6, 6.07) is 9.43. The number of benzene rings is 1. The minimum Gasteiger partial charge on any atom is -0.451 e. The van der Waals surface area contributed by atoms with E-state index >= 15 is 0 Å². The predicted molar refractivity (Wildman–Crippen MR) is 84.8 cm³/mol. The summed E-state index contributed by atoms with van der Waals surface area (Å²) in [5.74, 6) is 1.17. The van der Waals surface area contributed by atoms with Crippen molar-refractivity contribution in [3.63, 3.8) is 0 Å². The van der Waals surface area contributed by atoms with Crippen LogP contribution in [0.5, 0.6) is 0 Å². The van der Waals surface area contributed by atoms with Crippen molar-refractivity contribution < 1.29 is 13.9 Å². The molecule has 1 saturated heterocycles. The fourth-order valence-electron chi connectivity index (χ4n) is 2.41. The van der Waals surface area contributed by atoms with Crippen LogP contribution in [0.25, 0.3) is 11.0 Å². The summed E-state index contributed by atoms with van der Waals surface area (Å²) >= 11 is 1.91. The van der Waals surface area contributed by atoms with Gasteiger partial charge >= 0.3 is 0 Å². The summed E-state index contributed by atoms with van der Waals surface area (Å²) in [6.45, 7) is 2.39. The highest BCUT2D eigenvalue weighted by Crippen LogP contribution is 2.21. The number of thioether (sulfide) groups is 1. The number of furan rings is 1. The Labute approximate surface area is 128 Å². The molecule has 5 heteroatoms. The van der Waals surface area contributed by atoms with Crippen LogP contribution in [0.4, 0.5) is 0 Å². The predicted octanol–water partition coefficient (Wildman–Crippen LogP) is 3.07. The molecule has 2 aromatic rings. The molecule has 0 radical (unpaired) electrons. The lowest BCUT2D eigenvalue weighted by molar-refractivity contribution is 0.0930. The van der Waals surface area contributed by atoms with E-state index < -0.39 is 0 Å². The molecule has 3 rings (SSSR count). The van der Waals surface area contributed by atoms with Crippen molar-refractivity contribution in [3.05, 3.63) is 36.1 Å². The zero-order valence-corrected chi connectivity index (χ0v) is 12.7. The van der Waals surface area contributed by atoms with Gasteiger partial charge in [-0.05, 0) is 25.0 Å². The van der Waals surface area contributed by atoms with E-state index in [1.54, 1.807) is 6.07 Å². The monoisotopic (exact) mass is 305 g/mol. The highest BCUT2D eigenvalue weighted by atomic mass is 32.2. The molecule has 0 atom stereocenters. The van der Waals surface area contributed by atoms with Gasteiger partial charge in [0.15, 0.2) is 5.76 Å². The van der Waals surface area contributed by atoms with Gasteiger partial charge in [0.25, 0.3) is 5.91 Å². The quantitative estimate of drug-likeness (QED) is 0.863. The molecular weight excluding hydrogens is 286 g/mol. The Bertz CT molecular complexity index is 571. The van der Waals surface area contributed by atoms with Crippen LogP contribution in [0, 0.1) is 0 Å². The third-order valence-corrected chi connectivity index (χ3v) is 4.94. The van der Waals surface area contributed by atoms with Gasteiger partial charge in [-0.3, -0.25) is 4.79 Å². The zero-order chi connectivity index (χ0) is 14.5. The second-order valence-electron chi connectivity index (χ2n) is 5.09. The highest BCUT2D eigenvalue weighted by Gasteiger charge is 2.15. The van der Waals surface area contributed by atoms with Gasteiger partial charge in [0.2, 0.25) is 0 Å². The van der Waals surface area contributed by atoms with E-state index in [0.29, 0.717) is 17.6 Å². The Morgan fingerprint density at radius 1 is 1.29 bits per heavy atom. The second kappa shape index (κ2) is 7.00. The average Bonchev–Trinajstić information content (AvgIpc) is 2.96. The first-order valence-electron chi connectivity index (χ1n) is 7.29. The molecule has 4 nitrogen and oxygen atoms in total. The normalized spacial score (nSPS) is 16.2. The molecule has 0 saturated carbocycles. The molecule has 0 spiro atoms. The number of amides is 1. The number of ether oxygens (including phenoxy) is 1. The maximum atomic E-state index is 12.0. The minimum atomic E-state index is -0.140. The fourth-order valence-corrected chi connectivity index (χ4v) is 3.49. The molecule has 0 unspecified atom stereocenters. The standard InChI is InChI=1S/C16H19NO3S/c18-16(15-11-12-3-1-2-4-14(12)20-15)17-7-10-21-13-5-8-19-9-6-13/h1-4,11,13H,5-10H2,(H,17,18). The van der Waals surface area contributed by atoms with Crippen LogP contribution in [0.2, 0.25) is 0 Å². The van der Waals surface area contributed by atoms with E-state index in [-0.39, 0.29) is 5.91 Å². The van der Waals surface area contributed by atoms with Crippen LogP contribution < -0.4 is 5.32 Å². The highest BCUT2D eigenvalue weighted by molar-refractivity contribution is 7.99. The van der Waals surface area contributed by atoms with Gasteiger partial charge < -0.3 is 14.5 Å². The molecule has 1 aliphatic rings. The Morgan fingerprint density at radius 2 is 2.10 bits per heavy atom. The van der Waals surface area contributed by atoms with E-state index in [1.165, 1.54) is 0 Å². The summed E-state index contributed by atoms with van der Waals surface area (Å²) in [5.41, 5.74) is 0.749. The van der Waals surface area contributed by atoms with Crippen molar-refractivity contribution in [2.45, 2.75) is 18.1 Å². The molecule has 1 aromatic carbocycles. The molecule has 0 aliphatic carbocycles. The summed E-state index contributed by atoms with van der Waals surface area (Å²) in [7, 11) is 0. The van der Waals surface area contributed by atoms with Crippen LogP contribution in [0.1, 0.15) is 23.4 Å². The maximum Gasteiger partial charge on any atom is 0.287 e. The topological polar surface area (TPSA) is 51.5 Å². The number of hydrogen-bond acceptors (Lipinski definition) is 4. The van der Waals surface area contributed by atoms with Crippen molar-refractivity contribution in [2.75, 3.05) is 25.5 Å². The second-order valence-corrected chi connectivity index (χ2v) is 6.50. The number of rotatable bonds is 5. The first-order chi connectivity index (χ1) is 10.3. The Kier molecular flexibility index (Phi) is 4.83. The maximum absolute atomic E-state index is 12.0. The summed E-state index contributed by atoms with van der Waals surface area (Å²) in [6.07, 6.45) is 2.23. The third kappa shape index (κ3) is 3.80. The molecule has 1 aliphatic heterocycles. The van der Waals surface area contributed by atoms with Gasteiger partial charge in [0.05, 0.1) is 0 Å². The molecule has 112 valence electrons. The molecule has 1 N–H and O–H groups in total. The molecular formula is C16H19NO3S. The largest absolute Gasteiger partial charge is 0.451 e. The van der Waals surface area contributed by atoms with Gasteiger partial charge in [-0.2, -0.15) is 11.8 Å². The van der Waals surface area contributed by atoms with Crippen molar-refractivity contribution in [1.29, 1.82) is 0 Å². The third-order valence-electron chi connectivity index (χ3n) is 3.56. The van der Waals surface area contributed by atoms with E-state index in [0.717, 1.165) is 42.8 Å². The van der Waals surface area contributed by atoms with Crippen LogP contribution in [0.15, 0.2) is 34.7 Å². The Hall–Kier alpha value is -1.46. The van der Waals surface area contributed by atoms with Crippen molar-refractivity contribution in [2.24, 2.45) is 0 Å². The van der Waals surface area contributed by atoms with Crippen LogP contribution in [-0.2, 0) is 4.74 Å². The number of carbonyl (C=O) groups is 1. The van der Waals surface area contributed by atoms with E-state index in [1.807, 2.05) is 36.0 Å². The van der Waals surface area contributed by atoms with Gasteiger partial charge in [0, 0.05) is 36.1 Å². The van der Waals surface area contributed by atoms with Gasteiger partial charge in [0.1, 0.15) is 5.58 Å². The van der Waals surface area contributed by atoms with Crippen molar-refractivity contribution >= 4 is 28.6 Å². The van der Waals surface area contributed by atoms with E-state index in [4.69, 9.17) is 9.15 Å². The van der Waals surface area contributed by atoms with Crippen molar-refractivity contribution in [3.8, 4) is 0 Å². The van der Waals surface area contributed by atoms with Crippen LogP contribution in [-0.4, -0.2) is 36.7 Å². The van der Waals surface area contributed by atoms with Crippen molar-refractivity contribution in [1.82, 2.24) is 5.32 Å². The average molecular weight is 305 g/mol. The van der Waals surface area contributed by atoms with E-state index in [2.05, 4.69) is 5.32 Å². The molecule has 1 fully saturated rings. The van der Waals surface area contributed by atoms with Gasteiger partial charge in [-0.15, -0.1) is 0 Å². The summed E-state index contributed by atoms with van der Waals surface area (Å²) in [5, 5.41) is 4.54. The Balaban J connectivity index is 1.45. The molecule has 1 aromatic heterocycles. The molecule has 2 heterocycles. The van der Waals surface area contributed by atoms with Gasteiger partial charge in [-0.1, -0.05) is 18.2 Å². The number of fused-ring (bicyclic) bond motifs is 1.